The Hall–Kier alpha value is -0.650. The number of nitrogens with one attached hydrogen (secondary N) is 2. The zero-order valence-corrected chi connectivity index (χ0v) is 12.9. The first-order chi connectivity index (χ1) is 9.69. The van der Waals surface area contributed by atoms with E-state index in [9.17, 15) is 4.79 Å². The van der Waals surface area contributed by atoms with Crippen molar-refractivity contribution < 1.29 is 9.53 Å². The van der Waals surface area contributed by atoms with Gasteiger partial charge in [0.2, 0.25) is 5.91 Å². The van der Waals surface area contributed by atoms with Crippen LogP contribution in [0.4, 0.5) is 0 Å². The summed E-state index contributed by atoms with van der Waals surface area (Å²) in [6, 6.07) is 0.895. The highest BCUT2D eigenvalue weighted by Gasteiger charge is 2.24. The number of nitrogens with zero attached hydrogens (tertiary/aromatic N) is 1. The summed E-state index contributed by atoms with van der Waals surface area (Å²) in [6.45, 7) is 6.43. The number of carbonyl (C=O) groups excluding carboxylic acids is 1. The van der Waals surface area contributed by atoms with Crippen molar-refractivity contribution >= 4 is 5.91 Å². The lowest BCUT2D eigenvalue weighted by atomic mass is 9.90. The molecule has 5 nitrogen and oxygen atoms in total. The second kappa shape index (κ2) is 7.96. The van der Waals surface area contributed by atoms with Gasteiger partial charge in [-0.05, 0) is 58.7 Å². The predicted molar refractivity (Wildman–Crippen MR) is 79.7 cm³/mol. The molecule has 0 aliphatic carbocycles. The van der Waals surface area contributed by atoms with Crippen LogP contribution in [0.15, 0.2) is 0 Å². The third-order valence-electron chi connectivity index (χ3n) is 4.75. The SMILES string of the molecule is CNC(C)C1CCN(CC(=O)NC2CCOCC2)CC1. The average molecular weight is 283 g/mol. The molecule has 1 atom stereocenters. The smallest absolute Gasteiger partial charge is 0.234 e. The molecule has 0 radical (unpaired) electrons. The number of piperidine rings is 1. The maximum absolute atomic E-state index is 12.0. The maximum Gasteiger partial charge on any atom is 0.234 e. The van der Waals surface area contributed by atoms with Crippen LogP contribution in [0.2, 0.25) is 0 Å². The van der Waals surface area contributed by atoms with E-state index in [2.05, 4.69) is 22.5 Å². The fraction of sp³-hybridized carbons (Fsp3) is 0.933. The first kappa shape index (κ1) is 15.7. The molecule has 0 aromatic carbocycles. The molecule has 1 unspecified atom stereocenters. The molecule has 2 saturated heterocycles. The summed E-state index contributed by atoms with van der Waals surface area (Å²) in [5.41, 5.74) is 0. The van der Waals surface area contributed by atoms with E-state index >= 15 is 0 Å². The Morgan fingerprint density at radius 3 is 2.50 bits per heavy atom. The molecule has 2 N–H and O–H groups in total. The monoisotopic (exact) mass is 283 g/mol. The van der Waals surface area contributed by atoms with Crippen molar-refractivity contribution in [2.24, 2.45) is 5.92 Å². The minimum atomic E-state index is 0.178. The maximum atomic E-state index is 12.0. The van der Waals surface area contributed by atoms with Crippen molar-refractivity contribution in [1.29, 1.82) is 0 Å². The summed E-state index contributed by atoms with van der Waals surface area (Å²) in [6.07, 6.45) is 4.28. The van der Waals surface area contributed by atoms with Crippen molar-refractivity contribution in [2.75, 3.05) is 39.9 Å². The van der Waals surface area contributed by atoms with Crippen LogP contribution in [0.3, 0.4) is 0 Å². The number of carbonyl (C=O) groups is 1. The molecule has 2 aliphatic rings. The molecule has 5 heteroatoms. The lowest BCUT2D eigenvalue weighted by molar-refractivity contribution is -0.123. The van der Waals surface area contributed by atoms with E-state index in [4.69, 9.17) is 4.74 Å². The van der Waals surface area contributed by atoms with Crippen LogP contribution in [-0.2, 0) is 9.53 Å². The molecule has 0 aromatic heterocycles. The normalized spacial score (nSPS) is 24.5. The van der Waals surface area contributed by atoms with Gasteiger partial charge in [-0.2, -0.15) is 0 Å². The van der Waals surface area contributed by atoms with Crippen LogP contribution in [0.1, 0.15) is 32.6 Å². The molecule has 2 heterocycles. The topological polar surface area (TPSA) is 53.6 Å². The summed E-state index contributed by atoms with van der Waals surface area (Å²) in [5.74, 6) is 0.923. The van der Waals surface area contributed by atoms with Gasteiger partial charge in [-0.3, -0.25) is 9.69 Å². The van der Waals surface area contributed by atoms with Gasteiger partial charge < -0.3 is 15.4 Å². The number of ether oxygens (including phenoxy) is 1. The molecular formula is C15H29N3O2. The van der Waals surface area contributed by atoms with Crippen molar-refractivity contribution in [3.63, 3.8) is 0 Å². The summed E-state index contributed by atoms with van der Waals surface area (Å²) in [4.78, 5) is 14.3. The van der Waals surface area contributed by atoms with Crippen molar-refractivity contribution in [3.05, 3.63) is 0 Å². The number of likely N-dealkylation sites (tertiary alicyclic amines) is 1. The Bertz CT molecular complexity index is 297. The van der Waals surface area contributed by atoms with Gasteiger partial charge in [0.15, 0.2) is 0 Å². The van der Waals surface area contributed by atoms with Gasteiger partial charge in [0.05, 0.1) is 6.54 Å². The highest BCUT2D eigenvalue weighted by molar-refractivity contribution is 5.78. The predicted octanol–water partition coefficient (Wildman–Crippen LogP) is 0.602. The minimum Gasteiger partial charge on any atom is -0.381 e. The van der Waals surface area contributed by atoms with Crippen LogP contribution in [0.5, 0.6) is 0 Å². The van der Waals surface area contributed by atoms with Gasteiger partial charge in [-0.15, -0.1) is 0 Å². The second-order valence-corrected chi connectivity index (χ2v) is 6.15. The van der Waals surface area contributed by atoms with Crippen LogP contribution in [0, 0.1) is 5.92 Å². The van der Waals surface area contributed by atoms with Crippen LogP contribution < -0.4 is 10.6 Å². The average Bonchev–Trinajstić information content (AvgIpc) is 2.48. The molecule has 116 valence electrons. The molecule has 0 saturated carbocycles. The molecule has 2 fully saturated rings. The van der Waals surface area contributed by atoms with Crippen LogP contribution >= 0.6 is 0 Å². The van der Waals surface area contributed by atoms with Gasteiger partial charge in [0, 0.05) is 25.3 Å². The quantitative estimate of drug-likeness (QED) is 0.776. The number of rotatable bonds is 5. The van der Waals surface area contributed by atoms with E-state index < -0.39 is 0 Å². The van der Waals surface area contributed by atoms with Gasteiger partial charge in [-0.25, -0.2) is 0 Å². The molecule has 20 heavy (non-hydrogen) atoms. The lowest BCUT2D eigenvalue weighted by Crippen LogP contribution is -2.47. The van der Waals surface area contributed by atoms with Crippen molar-refractivity contribution in [3.8, 4) is 0 Å². The number of hydrogen-bond donors (Lipinski definition) is 2. The Labute approximate surface area is 122 Å². The minimum absolute atomic E-state index is 0.178. The van der Waals surface area contributed by atoms with Crippen molar-refractivity contribution in [1.82, 2.24) is 15.5 Å². The zero-order chi connectivity index (χ0) is 14.4. The fourth-order valence-corrected chi connectivity index (χ4v) is 3.17. The first-order valence-corrected chi connectivity index (χ1v) is 7.95. The molecule has 0 bridgehead atoms. The number of hydrogen-bond acceptors (Lipinski definition) is 4. The van der Waals surface area contributed by atoms with Crippen LogP contribution in [-0.4, -0.2) is 62.8 Å². The Balaban J connectivity index is 1.65. The lowest BCUT2D eigenvalue weighted by Gasteiger charge is -2.34. The van der Waals surface area contributed by atoms with Gasteiger partial charge >= 0.3 is 0 Å². The molecule has 0 aromatic rings. The first-order valence-electron chi connectivity index (χ1n) is 7.95. The highest BCUT2D eigenvalue weighted by Crippen LogP contribution is 2.20. The molecule has 2 rings (SSSR count). The summed E-state index contributed by atoms with van der Waals surface area (Å²) >= 11 is 0. The molecule has 0 spiro atoms. The third-order valence-corrected chi connectivity index (χ3v) is 4.75. The Morgan fingerprint density at radius 1 is 1.25 bits per heavy atom. The van der Waals surface area contributed by atoms with Crippen molar-refractivity contribution in [2.45, 2.75) is 44.7 Å². The highest BCUT2D eigenvalue weighted by atomic mass is 16.5. The summed E-state index contributed by atoms with van der Waals surface area (Å²) < 4.78 is 5.31. The second-order valence-electron chi connectivity index (χ2n) is 6.15. The number of amides is 1. The van der Waals surface area contributed by atoms with Gasteiger partial charge in [0.1, 0.15) is 0 Å². The largest absolute Gasteiger partial charge is 0.381 e. The van der Waals surface area contributed by atoms with Crippen LogP contribution in [0.25, 0.3) is 0 Å². The Morgan fingerprint density at radius 2 is 1.90 bits per heavy atom. The van der Waals surface area contributed by atoms with E-state index in [1.807, 2.05) is 7.05 Å². The Kier molecular flexibility index (Phi) is 6.26. The van der Waals surface area contributed by atoms with E-state index in [0.29, 0.717) is 18.6 Å². The summed E-state index contributed by atoms with van der Waals surface area (Å²) in [5, 5.41) is 6.47. The van der Waals surface area contributed by atoms with E-state index in [1.54, 1.807) is 0 Å². The third kappa shape index (κ3) is 4.72. The van der Waals surface area contributed by atoms with Gasteiger partial charge in [-0.1, -0.05) is 0 Å². The fourth-order valence-electron chi connectivity index (χ4n) is 3.17. The summed E-state index contributed by atoms with van der Waals surface area (Å²) in [7, 11) is 2.03. The van der Waals surface area contributed by atoms with E-state index in [-0.39, 0.29) is 5.91 Å². The molecular weight excluding hydrogens is 254 g/mol. The molecule has 1 amide bonds. The standard InChI is InChI=1S/C15H29N3O2/c1-12(16-2)13-3-7-18(8-4-13)11-15(19)17-14-5-9-20-10-6-14/h12-14,16H,3-11H2,1-2H3,(H,17,19). The van der Waals surface area contributed by atoms with Gasteiger partial charge in [0.25, 0.3) is 0 Å². The zero-order valence-electron chi connectivity index (χ0n) is 12.9. The molecule has 2 aliphatic heterocycles. The van der Waals surface area contributed by atoms with E-state index in [0.717, 1.165) is 45.1 Å². The van der Waals surface area contributed by atoms with E-state index in [1.165, 1.54) is 12.8 Å².